The fourth-order valence-electron chi connectivity index (χ4n) is 1.78. The number of hydrogen-bond donors (Lipinski definition) is 2. The molecule has 0 unspecified atom stereocenters. The Balaban J connectivity index is 2.83. The maximum absolute atomic E-state index is 12.1. The molecule has 22 heavy (non-hydrogen) atoms. The lowest BCUT2D eigenvalue weighted by molar-refractivity contribution is -0.120. The van der Waals surface area contributed by atoms with E-state index in [0.29, 0.717) is 0 Å². The Labute approximate surface area is 127 Å². The maximum Gasteiger partial charge on any atom is 0.337 e. The molecule has 0 aliphatic carbocycles. The summed E-state index contributed by atoms with van der Waals surface area (Å²) in [5.74, 6) is -1.96. The molecule has 7 nitrogen and oxygen atoms in total. The van der Waals surface area contributed by atoms with Crippen LogP contribution in [0.3, 0.4) is 0 Å². The van der Waals surface area contributed by atoms with Crippen LogP contribution in [0.2, 0.25) is 0 Å². The molecule has 0 saturated carbocycles. The highest BCUT2D eigenvalue weighted by Crippen LogP contribution is 2.08. The molecule has 1 atom stereocenters. The molecule has 0 fully saturated rings. The Bertz CT molecular complexity index is 597. The van der Waals surface area contributed by atoms with Crippen LogP contribution < -0.4 is 11.1 Å². The van der Waals surface area contributed by atoms with Crippen molar-refractivity contribution in [2.45, 2.75) is 25.8 Å². The van der Waals surface area contributed by atoms with Gasteiger partial charge in [0.15, 0.2) is 0 Å². The van der Waals surface area contributed by atoms with Crippen LogP contribution in [0.15, 0.2) is 24.3 Å². The van der Waals surface area contributed by atoms with Crippen LogP contribution >= 0.6 is 0 Å². The van der Waals surface area contributed by atoms with Crippen molar-refractivity contribution in [1.82, 2.24) is 5.32 Å². The lowest BCUT2D eigenvalue weighted by Crippen LogP contribution is -2.44. The highest BCUT2D eigenvalue weighted by atomic mass is 16.5. The van der Waals surface area contributed by atoms with E-state index in [0.717, 1.165) is 0 Å². The van der Waals surface area contributed by atoms with Gasteiger partial charge in [-0.3, -0.25) is 9.59 Å². The Morgan fingerprint density at radius 3 is 2.41 bits per heavy atom. The Morgan fingerprint density at radius 2 is 1.86 bits per heavy atom. The first-order valence-electron chi connectivity index (χ1n) is 6.63. The first-order valence-corrected chi connectivity index (χ1v) is 6.63. The van der Waals surface area contributed by atoms with Crippen LogP contribution in [-0.2, 0) is 14.3 Å². The van der Waals surface area contributed by atoms with Crippen LogP contribution in [0.5, 0.6) is 0 Å². The number of hydrogen-bond acceptors (Lipinski definition) is 5. The molecule has 0 radical (unpaired) electrons. The summed E-state index contributed by atoms with van der Waals surface area (Å²) in [6.45, 7) is 1.39. The van der Waals surface area contributed by atoms with Gasteiger partial charge in [-0.25, -0.2) is 4.79 Å². The normalized spacial score (nSPS) is 11.4. The lowest BCUT2D eigenvalue weighted by atomic mass is 10.1. The van der Waals surface area contributed by atoms with E-state index in [4.69, 9.17) is 5.73 Å². The maximum atomic E-state index is 12.1. The second-order valence-corrected chi connectivity index (χ2v) is 4.74. The van der Waals surface area contributed by atoms with E-state index in [1.165, 1.54) is 38.3 Å². The van der Waals surface area contributed by atoms with Gasteiger partial charge in [0.1, 0.15) is 11.8 Å². The van der Waals surface area contributed by atoms with Crippen molar-refractivity contribution in [2.75, 3.05) is 7.11 Å². The minimum Gasteiger partial charge on any atom is -0.465 e. The molecule has 1 rings (SSSR count). The number of amides is 2. The topological polar surface area (TPSA) is 116 Å². The van der Waals surface area contributed by atoms with E-state index in [1.54, 1.807) is 0 Å². The third-order valence-electron chi connectivity index (χ3n) is 2.98. The highest BCUT2D eigenvalue weighted by Gasteiger charge is 2.20. The van der Waals surface area contributed by atoms with Gasteiger partial charge in [0.2, 0.25) is 5.91 Å². The largest absolute Gasteiger partial charge is 0.465 e. The molecule has 0 aliphatic rings. The molecule has 1 aromatic rings. The average molecular weight is 306 g/mol. The zero-order valence-electron chi connectivity index (χ0n) is 12.4. The number of ether oxygens (including phenoxy) is 1. The molecular weight excluding hydrogens is 288 g/mol. The number of Topliss-reactive ketones (excluding diaryl/α,β-unsaturated/α-hetero) is 1. The molecule has 2 amide bonds. The van der Waals surface area contributed by atoms with Gasteiger partial charge >= 0.3 is 5.97 Å². The zero-order chi connectivity index (χ0) is 16.7. The number of rotatable bonds is 7. The van der Waals surface area contributed by atoms with Crippen molar-refractivity contribution in [3.63, 3.8) is 0 Å². The Morgan fingerprint density at radius 1 is 1.23 bits per heavy atom. The van der Waals surface area contributed by atoms with E-state index in [2.05, 4.69) is 10.1 Å². The minimum absolute atomic E-state index is 0.104. The summed E-state index contributed by atoms with van der Waals surface area (Å²) in [4.78, 5) is 45.8. The molecule has 118 valence electrons. The van der Waals surface area contributed by atoms with Crippen molar-refractivity contribution >= 4 is 23.6 Å². The number of nitrogens with two attached hydrogens (primary N) is 1. The SMILES string of the molecule is COC(=O)c1cccc(C(=O)N[C@@H](CCC(C)=O)C(N)=O)c1. The summed E-state index contributed by atoms with van der Waals surface area (Å²) in [5.41, 5.74) is 5.62. The zero-order valence-corrected chi connectivity index (χ0v) is 12.4. The summed E-state index contributed by atoms with van der Waals surface area (Å²) in [6, 6.07) is 4.92. The summed E-state index contributed by atoms with van der Waals surface area (Å²) in [7, 11) is 1.24. The predicted molar refractivity (Wildman–Crippen MR) is 78.1 cm³/mol. The number of nitrogens with one attached hydrogen (secondary N) is 1. The van der Waals surface area contributed by atoms with E-state index in [1.807, 2.05) is 0 Å². The molecule has 0 bridgehead atoms. The third kappa shape index (κ3) is 5.01. The van der Waals surface area contributed by atoms with Crippen LogP contribution in [0.1, 0.15) is 40.5 Å². The van der Waals surface area contributed by atoms with E-state index in [9.17, 15) is 19.2 Å². The molecule has 0 saturated heterocycles. The van der Waals surface area contributed by atoms with Crippen molar-refractivity contribution < 1.29 is 23.9 Å². The first-order chi connectivity index (χ1) is 10.3. The van der Waals surface area contributed by atoms with Gasteiger partial charge in [-0.15, -0.1) is 0 Å². The van der Waals surface area contributed by atoms with Gasteiger partial charge in [-0.05, 0) is 31.5 Å². The van der Waals surface area contributed by atoms with Crippen LogP contribution in [0, 0.1) is 0 Å². The van der Waals surface area contributed by atoms with Crippen LogP contribution in [-0.4, -0.2) is 36.7 Å². The summed E-state index contributed by atoms with van der Waals surface area (Å²) in [5, 5.41) is 2.45. The standard InChI is InChI=1S/C15H18N2O5/c1-9(18)6-7-12(13(16)19)17-14(20)10-4-3-5-11(8-10)15(21)22-2/h3-5,8,12H,6-7H2,1-2H3,(H2,16,19)(H,17,20)/t12-/m0/s1. The molecule has 0 spiro atoms. The van der Waals surface area contributed by atoms with Gasteiger partial charge in [-0.1, -0.05) is 6.07 Å². The van der Waals surface area contributed by atoms with Crippen LogP contribution in [0.25, 0.3) is 0 Å². The quantitative estimate of drug-likeness (QED) is 0.709. The smallest absolute Gasteiger partial charge is 0.337 e. The van der Waals surface area contributed by atoms with E-state index >= 15 is 0 Å². The molecule has 3 N–H and O–H groups in total. The van der Waals surface area contributed by atoms with Crippen molar-refractivity contribution in [3.05, 3.63) is 35.4 Å². The average Bonchev–Trinajstić information content (AvgIpc) is 2.49. The summed E-state index contributed by atoms with van der Waals surface area (Å²) in [6.07, 6.45) is 0.267. The van der Waals surface area contributed by atoms with E-state index < -0.39 is 23.8 Å². The first kappa shape index (κ1) is 17.4. The fourth-order valence-corrected chi connectivity index (χ4v) is 1.78. The summed E-state index contributed by atoms with van der Waals surface area (Å²) < 4.78 is 4.57. The molecular formula is C15H18N2O5. The Hall–Kier alpha value is -2.70. The monoisotopic (exact) mass is 306 g/mol. The third-order valence-corrected chi connectivity index (χ3v) is 2.98. The predicted octanol–water partition coefficient (Wildman–Crippen LogP) is 0.426. The molecule has 0 aromatic heterocycles. The minimum atomic E-state index is -0.946. The molecule has 0 heterocycles. The van der Waals surface area contributed by atoms with Crippen molar-refractivity contribution in [1.29, 1.82) is 0 Å². The lowest BCUT2D eigenvalue weighted by Gasteiger charge is -2.15. The van der Waals surface area contributed by atoms with Gasteiger partial charge in [0.05, 0.1) is 12.7 Å². The number of carbonyl (C=O) groups is 4. The number of primary amides is 1. The Kier molecular flexibility index (Phi) is 6.25. The van der Waals surface area contributed by atoms with Gasteiger partial charge in [-0.2, -0.15) is 0 Å². The second kappa shape index (κ2) is 7.92. The molecule has 0 aliphatic heterocycles. The van der Waals surface area contributed by atoms with Gasteiger partial charge in [0, 0.05) is 12.0 Å². The van der Waals surface area contributed by atoms with Crippen molar-refractivity contribution in [2.24, 2.45) is 5.73 Å². The fraction of sp³-hybridized carbons (Fsp3) is 0.333. The van der Waals surface area contributed by atoms with Gasteiger partial charge in [0.25, 0.3) is 5.91 Å². The number of ketones is 1. The van der Waals surface area contributed by atoms with Crippen molar-refractivity contribution in [3.8, 4) is 0 Å². The van der Waals surface area contributed by atoms with Crippen LogP contribution in [0.4, 0.5) is 0 Å². The van der Waals surface area contributed by atoms with Gasteiger partial charge < -0.3 is 20.6 Å². The second-order valence-electron chi connectivity index (χ2n) is 4.74. The number of methoxy groups -OCH3 is 1. The molecule has 7 heteroatoms. The number of esters is 1. The highest BCUT2D eigenvalue weighted by molar-refractivity contribution is 5.99. The summed E-state index contributed by atoms with van der Waals surface area (Å²) >= 11 is 0. The number of benzene rings is 1. The van der Waals surface area contributed by atoms with E-state index in [-0.39, 0.29) is 29.8 Å². The molecule has 1 aromatic carbocycles. The number of carbonyl (C=O) groups excluding carboxylic acids is 4.